The molecule has 5 heteroatoms. The molecule has 0 spiro atoms. The maximum absolute atomic E-state index is 11.6. The maximum atomic E-state index is 11.6. The molecule has 1 N–H and O–H groups in total. The summed E-state index contributed by atoms with van der Waals surface area (Å²) < 4.78 is 0. The molecule has 2 rings (SSSR count). The third-order valence-corrected chi connectivity index (χ3v) is 2.67. The molecule has 0 aliphatic carbocycles. The van der Waals surface area contributed by atoms with Crippen molar-refractivity contribution in [3.63, 3.8) is 0 Å². The first-order chi connectivity index (χ1) is 8.52. The van der Waals surface area contributed by atoms with Crippen molar-refractivity contribution in [1.29, 1.82) is 5.26 Å². The first kappa shape index (κ1) is 11.9. The summed E-state index contributed by atoms with van der Waals surface area (Å²) >= 11 is 0. The van der Waals surface area contributed by atoms with Crippen LogP contribution in [-0.2, 0) is 4.79 Å². The van der Waals surface area contributed by atoms with Gasteiger partial charge >= 0.3 is 6.03 Å². The number of hydrogen-bond acceptors (Lipinski definition) is 3. The molecule has 0 saturated carbocycles. The number of urea groups is 1. The Morgan fingerprint density at radius 2 is 2.22 bits per heavy atom. The summed E-state index contributed by atoms with van der Waals surface area (Å²) in [6.07, 6.45) is 0. The first-order valence-corrected chi connectivity index (χ1v) is 5.34. The normalized spacial score (nSPS) is 14.3. The average Bonchev–Trinajstić information content (AvgIpc) is 2.67. The van der Waals surface area contributed by atoms with Crippen LogP contribution in [0, 0.1) is 11.3 Å². The molecule has 0 unspecified atom stereocenters. The van der Waals surface area contributed by atoms with E-state index in [0.717, 1.165) is 5.57 Å². The number of hydrogen-bond donors (Lipinski definition) is 1. The van der Waals surface area contributed by atoms with Gasteiger partial charge in [0.15, 0.2) is 0 Å². The van der Waals surface area contributed by atoms with Crippen LogP contribution in [-0.4, -0.2) is 18.5 Å². The Morgan fingerprint density at radius 1 is 1.50 bits per heavy atom. The molecule has 1 aliphatic rings. The molecule has 0 bridgehead atoms. The van der Waals surface area contributed by atoms with Crippen molar-refractivity contribution < 1.29 is 9.59 Å². The Kier molecular flexibility index (Phi) is 2.86. The monoisotopic (exact) mass is 241 g/mol. The fourth-order valence-corrected chi connectivity index (χ4v) is 1.82. The second-order valence-electron chi connectivity index (χ2n) is 4.06. The van der Waals surface area contributed by atoms with E-state index in [1.54, 1.807) is 25.1 Å². The average molecular weight is 241 g/mol. The summed E-state index contributed by atoms with van der Waals surface area (Å²) in [7, 11) is 0. The van der Waals surface area contributed by atoms with Gasteiger partial charge in [0.1, 0.15) is 6.54 Å². The number of rotatable bonds is 2. The van der Waals surface area contributed by atoms with Crippen LogP contribution in [0.25, 0.3) is 5.57 Å². The highest BCUT2D eigenvalue weighted by molar-refractivity contribution is 6.13. The second-order valence-corrected chi connectivity index (χ2v) is 4.06. The van der Waals surface area contributed by atoms with Crippen LogP contribution in [0.4, 0.5) is 10.5 Å². The number of amides is 3. The molecule has 0 aromatic heterocycles. The summed E-state index contributed by atoms with van der Waals surface area (Å²) in [6, 6.07) is 6.50. The van der Waals surface area contributed by atoms with E-state index < -0.39 is 6.03 Å². The van der Waals surface area contributed by atoms with Crippen LogP contribution in [0.2, 0.25) is 0 Å². The summed E-state index contributed by atoms with van der Waals surface area (Å²) in [6.45, 7) is 5.60. The van der Waals surface area contributed by atoms with Gasteiger partial charge < -0.3 is 0 Å². The molecule has 0 atom stereocenters. The highest BCUT2D eigenvalue weighted by atomic mass is 16.2. The minimum atomic E-state index is -0.452. The molecule has 90 valence electrons. The Labute approximate surface area is 104 Å². The molecule has 1 aromatic carbocycles. The second kappa shape index (κ2) is 4.34. The molecule has 1 aromatic rings. The lowest BCUT2D eigenvalue weighted by atomic mass is 10.0. The van der Waals surface area contributed by atoms with Crippen molar-refractivity contribution in [1.82, 2.24) is 5.32 Å². The van der Waals surface area contributed by atoms with E-state index in [4.69, 9.17) is 5.26 Å². The zero-order chi connectivity index (χ0) is 13.3. The fourth-order valence-electron chi connectivity index (χ4n) is 1.82. The molecule has 18 heavy (non-hydrogen) atoms. The zero-order valence-electron chi connectivity index (χ0n) is 9.86. The summed E-state index contributed by atoms with van der Waals surface area (Å²) in [5.74, 6) is -0.336. The van der Waals surface area contributed by atoms with Gasteiger partial charge in [-0.15, -0.1) is 0 Å². The molecular formula is C13H11N3O2. The van der Waals surface area contributed by atoms with E-state index in [1.165, 1.54) is 4.90 Å². The van der Waals surface area contributed by atoms with Crippen molar-refractivity contribution in [3.05, 3.63) is 35.9 Å². The van der Waals surface area contributed by atoms with Gasteiger partial charge in [-0.25, -0.2) is 4.79 Å². The van der Waals surface area contributed by atoms with Crippen molar-refractivity contribution >= 4 is 23.2 Å². The van der Waals surface area contributed by atoms with E-state index in [2.05, 4.69) is 11.9 Å². The Hall–Kier alpha value is -2.61. The van der Waals surface area contributed by atoms with Crippen molar-refractivity contribution in [3.8, 4) is 6.07 Å². The molecule has 3 amide bonds. The zero-order valence-corrected chi connectivity index (χ0v) is 9.86. The van der Waals surface area contributed by atoms with Gasteiger partial charge in [-0.2, -0.15) is 5.26 Å². The number of nitriles is 1. The third-order valence-electron chi connectivity index (χ3n) is 2.67. The first-order valence-electron chi connectivity index (χ1n) is 5.34. The molecular weight excluding hydrogens is 230 g/mol. The van der Waals surface area contributed by atoms with Gasteiger partial charge in [-0.1, -0.05) is 6.58 Å². The van der Waals surface area contributed by atoms with Crippen LogP contribution in [0.1, 0.15) is 18.1 Å². The third kappa shape index (κ3) is 1.96. The fraction of sp³-hybridized carbons (Fsp3) is 0.154. The smallest absolute Gasteiger partial charge is 0.284 e. The molecule has 0 radical (unpaired) electrons. The number of nitrogens with one attached hydrogen (secondary N) is 1. The number of anilines is 1. The van der Waals surface area contributed by atoms with Crippen LogP contribution < -0.4 is 10.2 Å². The summed E-state index contributed by atoms with van der Waals surface area (Å²) in [5.41, 5.74) is 2.50. The lowest BCUT2D eigenvalue weighted by Crippen LogP contribution is -2.28. The van der Waals surface area contributed by atoms with E-state index >= 15 is 0 Å². The topological polar surface area (TPSA) is 73.2 Å². The largest absolute Gasteiger partial charge is 0.329 e. The predicted molar refractivity (Wildman–Crippen MR) is 66.7 cm³/mol. The number of allylic oxidation sites excluding steroid dienone is 1. The predicted octanol–water partition coefficient (Wildman–Crippen LogP) is 1.65. The van der Waals surface area contributed by atoms with Crippen molar-refractivity contribution in [2.45, 2.75) is 6.92 Å². The number of benzene rings is 1. The summed E-state index contributed by atoms with van der Waals surface area (Å²) in [4.78, 5) is 24.1. The molecule has 5 nitrogen and oxygen atoms in total. The SMILES string of the molecule is C=C(C)c1cc(C#N)ccc1N1CC(=O)NC1=O. The van der Waals surface area contributed by atoms with E-state index in [1.807, 2.05) is 6.07 Å². The quantitative estimate of drug-likeness (QED) is 0.800. The lowest BCUT2D eigenvalue weighted by Gasteiger charge is -2.18. The number of nitrogens with zero attached hydrogens (tertiary/aromatic N) is 2. The van der Waals surface area contributed by atoms with Gasteiger partial charge in [0, 0.05) is 5.56 Å². The van der Waals surface area contributed by atoms with E-state index in [9.17, 15) is 9.59 Å². The minimum absolute atomic E-state index is 0.00892. The van der Waals surface area contributed by atoms with Crippen molar-refractivity contribution in [2.24, 2.45) is 0 Å². The number of imide groups is 1. The van der Waals surface area contributed by atoms with E-state index in [-0.39, 0.29) is 12.5 Å². The van der Waals surface area contributed by atoms with Crippen LogP contribution in [0.3, 0.4) is 0 Å². The lowest BCUT2D eigenvalue weighted by molar-refractivity contribution is -0.117. The summed E-state index contributed by atoms with van der Waals surface area (Å²) in [5, 5.41) is 11.1. The Balaban J connectivity index is 2.51. The Bertz CT molecular complexity index is 599. The van der Waals surface area contributed by atoms with Gasteiger partial charge in [-0.3, -0.25) is 15.0 Å². The minimum Gasteiger partial charge on any atom is -0.284 e. The van der Waals surface area contributed by atoms with Crippen molar-refractivity contribution in [2.75, 3.05) is 11.4 Å². The van der Waals surface area contributed by atoms with Gasteiger partial charge in [-0.05, 0) is 30.7 Å². The van der Waals surface area contributed by atoms with Gasteiger partial charge in [0.2, 0.25) is 5.91 Å². The molecule has 1 heterocycles. The van der Waals surface area contributed by atoms with Gasteiger partial charge in [0.25, 0.3) is 0 Å². The molecule has 1 fully saturated rings. The standard InChI is InChI=1S/C13H11N3O2/c1-8(2)10-5-9(6-14)3-4-11(10)16-7-12(17)15-13(16)18/h3-5H,1,7H2,2H3,(H,15,17,18). The Morgan fingerprint density at radius 3 is 2.72 bits per heavy atom. The van der Waals surface area contributed by atoms with Crippen LogP contribution in [0.15, 0.2) is 24.8 Å². The molecule has 1 saturated heterocycles. The number of carbonyl (C=O) groups excluding carboxylic acids is 2. The number of carbonyl (C=O) groups is 2. The maximum Gasteiger partial charge on any atom is 0.329 e. The van der Waals surface area contributed by atoms with E-state index in [0.29, 0.717) is 16.8 Å². The highest BCUT2D eigenvalue weighted by Crippen LogP contribution is 2.28. The van der Waals surface area contributed by atoms with Crippen LogP contribution in [0.5, 0.6) is 0 Å². The van der Waals surface area contributed by atoms with Crippen LogP contribution >= 0.6 is 0 Å². The molecule has 1 aliphatic heterocycles. The highest BCUT2D eigenvalue weighted by Gasteiger charge is 2.29. The van der Waals surface area contributed by atoms with Gasteiger partial charge in [0.05, 0.1) is 17.3 Å².